The van der Waals surface area contributed by atoms with Gasteiger partial charge in [-0.1, -0.05) is 24.8 Å². The Morgan fingerprint density at radius 2 is 2.25 bits per heavy atom. The molecule has 1 aromatic carbocycles. The second-order valence-electron chi connectivity index (χ2n) is 4.28. The average molecular weight is 271 g/mol. The Hall–Kier alpha value is -2.56. The number of carbonyl (C=O) groups is 1. The Kier molecular flexibility index (Phi) is 4.20. The van der Waals surface area contributed by atoms with Crippen LogP contribution in [-0.2, 0) is 11.8 Å². The standard InChI is InChI=1S/C15H17N3O2/c1-4-13(19)17-14(15-16-9-10-18(15)2)11-7-5-6-8-12(11)20-3/h4-10,14H,1H2,2-3H3,(H,17,19). The molecular formula is C15H17N3O2. The van der Waals surface area contributed by atoms with Crippen LogP contribution >= 0.6 is 0 Å². The number of nitrogens with one attached hydrogen (secondary N) is 1. The number of hydrogen-bond acceptors (Lipinski definition) is 3. The normalized spacial score (nSPS) is 11.7. The summed E-state index contributed by atoms with van der Waals surface area (Å²) in [6.07, 6.45) is 4.76. The highest BCUT2D eigenvalue weighted by Crippen LogP contribution is 2.28. The van der Waals surface area contributed by atoms with Crippen LogP contribution in [0, 0.1) is 0 Å². The van der Waals surface area contributed by atoms with Crippen molar-refractivity contribution in [1.82, 2.24) is 14.9 Å². The molecule has 0 spiro atoms. The van der Waals surface area contributed by atoms with Gasteiger partial charge in [0.2, 0.25) is 5.91 Å². The lowest BCUT2D eigenvalue weighted by Crippen LogP contribution is -2.29. The van der Waals surface area contributed by atoms with E-state index >= 15 is 0 Å². The molecule has 0 bridgehead atoms. The molecule has 0 aliphatic carbocycles. The molecule has 20 heavy (non-hydrogen) atoms. The molecule has 0 saturated carbocycles. The lowest BCUT2D eigenvalue weighted by Gasteiger charge is -2.20. The first-order valence-electron chi connectivity index (χ1n) is 6.20. The summed E-state index contributed by atoms with van der Waals surface area (Å²) >= 11 is 0. The van der Waals surface area contributed by atoms with Crippen molar-refractivity contribution in [2.24, 2.45) is 7.05 Å². The summed E-state index contributed by atoms with van der Waals surface area (Å²) in [5.74, 6) is 1.17. The van der Waals surface area contributed by atoms with Gasteiger partial charge in [0.05, 0.1) is 7.11 Å². The fourth-order valence-corrected chi connectivity index (χ4v) is 2.04. The number of hydrogen-bond donors (Lipinski definition) is 1. The molecule has 1 unspecified atom stereocenters. The van der Waals surface area contributed by atoms with Gasteiger partial charge in [0.1, 0.15) is 17.6 Å². The zero-order valence-corrected chi connectivity index (χ0v) is 11.5. The molecule has 104 valence electrons. The van der Waals surface area contributed by atoms with Gasteiger partial charge in [-0.25, -0.2) is 4.98 Å². The number of aromatic nitrogens is 2. The number of amides is 1. The molecule has 0 aliphatic rings. The van der Waals surface area contributed by atoms with Crippen LogP contribution in [0.5, 0.6) is 5.75 Å². The first-order valence-corrected chi connectivity index (χ1v) is 6.20. The summed E-state index contributed by atoms with van der Waals surface area (Å²) in [6.45, 7) is 3.48. The lowest BCUT2D eigenvalue weighted by molar-refractivity contribution is -0.117. The number of methoxy groups -OCH3 is 1. The maximum atomic E-state index is 11.7. The van der Waals surface area contributed by atoms with Crippen molar-refractivity contribution in [2.45, 2.75) is 6.04 Å². The molecule has 2 rings (SSSR count). The van der Waals surface area contributed by atoms with E-state index in [9.17, 15) is 4.79 Å². The van der Waals surface area contributed by atoms with Gasteiger partial charge in [0, 0.05) is 25.0 Å². The summed E-state index contributed by atoms with van der Waals surface area (Å²) in [6, 6.07) is 7.14. The minimum atomic E-state index is -0.392. The van der Waals surface area contributed by atoms with E-state index in [1.807, 2.05) is 42.1 Å². The number of nitrogens with zero attached hydrogens (tertiary/aromatic N) is 2. The molecule has 1 atom stereocenters. The van der Waals surface area contributed by atoms with Crippen LogP contribution in [0.15, 0.2) is 49.3 Å². The predicted octanol–water partition coefficient (Wildman–Crippen LogP) is 1.82. The fourth-order valence-electron chi connectivity index (χ4n) is 2.04. The van der Waals surface area contributed by atoms with E-state index in [1.54, 1.807) is 13.3 Å². The van der Waals surface area contributed by atoms with E-state index in [2.05, 4.69) is 16.9 Å². The highest BCUT2D eigenvalue weighted by atomic mass is 16.5. The number of ether oxygens (including phenoxy) is 1. The van der Waals surface area contributed by atoms with Crippen molar-refractivity contribution < 1.29 is 9.53 Å². The Bertz CT molecular complexity index is 619. The van der Waals surface area contributed by atoms with Crippen LogP contribution in [0.4, 0.5) is 0 Å². The molecule has 1 heterocycles. The van der Waals surface area contributed by atoms with E-state index in [0.717, 1.165) is 11.4 Å². The molecule has 5 heteroatoms. The molecule has 1 N–H and O–H groups in total. The van der Waals surface area contributed by atoms with Crippen LogP contribution < -0.4 is 10.1 Å². The smallest absolute Gasteiger partial charge is 0.244 e. The molecule has 0 fully saturated rings. The van der Waals surface area contributed by atoms with Crippen LogP contribution in [0.2, 0.25) is 0 Å². The van der Waals surface area contributed by atoms with E-state index in [-0.39, 0.29) is 5.91 Å². The molecule has 5 nitrogen and oxygen atoms in total. The van der Waals surface area contributed by atoms with Gasteiger partial charge in [-0.3, -0.25) is 4.79 Å². The van der Waals surface area contributed by atoms with Gasteiger partial charge in [-0.05, 0) is 12.1 Å². The monoisotopic (exact) mass is 271 g/mol. The molecule has 0 aliphatic heterocycles. The third-order valence-corrected chi connectivity index (χ3v) is 3.04. The van der Waals surface area contributed by atoms with Crippen molar-refractivity contribution in [1.29, 1.82) is 0 Å². The third kappa shape index (κ3) is 2.71. The van der Waals surface area contributed by atoms with Gasteiger partial charge in [-0.2, -0.15) is 0 Å². The summed E-state index contributed by atoms with van der Waals surface area (Å²) in [5.41, 5.74) is 0.847. The summed E-state index contributed by atoms with van der Waals surface area (Å²) in [4.78, 5) is 16.0. The predicted molar refractivity (Wildman–Crippen MR) is 76.4 cm³/mol. The van der Waals surface area contributed by atoms with E-state index in [4.69, 9.17) is 4.74 Å². The van der Waals surface area contributed by atoms with E-state index < -0.39 is 6.04 Å². The van der Waals surface area contributed by atoms with E-state index in [0.29, 0.717) is 5.75 Å². The second-order valence-corrected chi connectivity index (χ2v) is 4.28. The topological polar surface area (TPSA) is 56.1 Å². The third-order valence-electron chi connectivity index (χ3n) is 3.04. The van der Waals surface area contributed by atoms with Crippen molar-refractivity contribution in [3.63, 3.8) is 0 Å². The number of carbonyl (C=O) groups excluding carboxylic acids is 1. The van der Waals surface area contributed by atoms with Crippen molar-refractivity contribution >= 4 is 5.91 Å². The van der Waals surface area contributed by atoms with Gasteiger partial charge in [0.15, 0.2) is 0 Å². The number of para-hydroxylation sites is 1. The highest BCUT2D eigenvalue weighted by molar-refractivity contribution is 5.87. The van der Waals surface area contributed by atoms with Gasteiger partial charge >= 0.3 is 0 Å². The number of aryl methyl sites for hydroxylation is 1. The zero-order valence-electron chi connectivity index (χ0n) is 11.5. The largest absolute Gasteiger partial charge is 0.496 e. The summed E-state index contributed by atoms with van der Waals surface area (Å²) in [5, 5.41) is 2.88. The van der Waals surface area contributed by atoms with Crippen LogP contribution in [-0.4, -0.2) is 22.6 Å². The van der Waals surface area contributed by atoms with Crippen LogP contribution in [0.3, 0.4) is 0 Å². The van der Waals surface area contributed by atoms with Crippen molar-refractivity contribution in [2.75, 3.05) is 7.11 Å². The first-order chi connectivity index (χ1) is 9.67. The fraction of sp³-hybridized carbons (Fsp3) is 0.200. The molecule has 2 aromatic rings. The molecule has 0 saturated heterocycles. The molecule has 1 amide bonds. The Labute approximate surface area is 117 Å². The Balaban J connectivity index is 2.48. The van der Waals surface area contributed by atoms with Crippen LogP contribution in [0.1, 0.15) is 17.4 Å². The van der Waals surface area contributed by atoms with Crippen molar-refractivity contribution in [3.05, 3.63) is 60.7 Å². The quantitative estimate of drug-likeness (QED) is 0.844. The van der Waals surface area contributed by atoms with Crippen LogP contribution in [0.25, 0.3) is 0 Å². The summed E-state index contributed by atoms with van der Waals surface area (Å²) in [7, 11) is 3.48. The van der Waals surface area contributed by atoms with E-state index in [1.165, 1.54) is 6.08 Å². The Morgan fingerprint density at radius 3 is 2.85 bits per heavy atom. The van der Waals surface area contributed by atoms with Gasteiger partial charge in [-0.15, -0.1) is 0 Å². The molecule has 1 aromatic heterocycles. The highest BCUT2D eigenvalue weighted by Gasteiger charge is 2.22. The lowest BCUT2D eigenvalue weighted by atomic mass is 10.0. The minimum Gasteiger partial charge on any atom is -0.496 e. The second kappa shape index (κ2) is 6.06. The summed E-state index contributed by atoms with van der Waals surface area (Å²) < 4.78 is 7.23. The average Bonchev–Trinajstić information content (AvgIpc) is 2.90. The molecular weight excluding hydrogens is 254 g/mol. The SMILES string of the molecule is C=CC(=O)NC(c1ccccc1OC)c1nccn1C. The number of rotatable bonds is 5. The zero-order chi connectivity index (χ0) is 14.5. The first kappa shape index (κ1) is 13.9. The minimum absolute atomic E-state index is 0.260. The van der Waals surface area contributed by atoms with Gasteiger partial charge in [0.25, 0.3) is 0 Å². The molecule has 0 radical (unpaired) electrons. The number of benzene rings is 1. The maximum absolute atomic E-state index is 11.7. The number of imidazole rings is 1. The van der Waals surface area contributed by atoms with Crippen molar-refractivity contribution in [3.8, 4) is 5.75 Å². The maximum Gasteiger partial charge on any atom is 0.244 e. The van der Waals surface area contributed by atoms with Gasteiger partial charge < -0.3 is 14.6 Å². The Morgan fingerprint density at radius 1 is 1.50 bits per heavy atom.